The van der Waals surface area contributed by atoms with E-state index in [0.29, 0.717) is 16.7 Å². The van der Waals surface area contributed by atoms with Gasteiger partial charge in [-0.2, -0.15) is 5.10 Å². The van der Waals surface area contributed by atoms with Crippen LogP contribution >= 0.6 is 11.6 Å². The van der Waals surface area contributed by atoms with Gasteiger partial charge in [-0.3, -0.25) is 9.89 Å². The SMILES string of the molecule is C[C@H](CC(=O)O)Nc1nccc(-c2cn[nH]c2-c2ccc(Cl)cc2)n1. The Kier molecular flexibility index (Phi) is 4.95. The van der Waals surface area contributed by atoms with Crippen LogP contribution < -0.4 is 5.32 Å². The highest BCUT2D eigenvalue weighted by Gasteiger charge is 2.13. The minimum Gasteiger partial charge on any atom is -0.481 e. The molecule has 0 unspecified atom stereocenters. The lowest BCUT2D eigenvalue weighted by Crippen LogP contribution is -2.20. The van der Waals surface area contributed by atoms with Gasteiger partial charge in [0.25, 0.3) is 0 Å². The fraction of sp³-hybridized carbons (Fsp3) is 0.176. The quantitative estimate of drug-likeness (QED) is 0.624. The molecular weight excluding hydrogens is 342 g/mol. The van der Waals surface area contributed by atoms with E-state index in [0.717, 1.165) is 16.8 Å². The highest BCUT2D eigenvalue weighted by molar-refractivity contribution is 6.30. The zero-order chi connectivity index (χ0) is 17.8. The summed E-state index contributed by atoms with van der Waals surface area (Å²) in [4.78, 5) is 19.4. The monoisotopic (exact) mass is 357 g/mol. The summed E-state index contributed by atoms with van der Waals surface area (Å²) < 4.78 is 0. The number of hydrogen-bond acceptors (Lipinski definition) is 5. The number of carboxylic acids is 1. The van der Waals surface area contributed by atoms with Crippen LogP contribution in [0.4, 0.5) is 5.95 Å². The van der Waals surface area contributed by atoms with Crippen molar-refractivity contribution in [1.82, 2.24) is 20.2 Å². The third-order valence-electron chi connectivity index (χ3n) is 3.56. The van der Waals surface area contributed by atoms with Gasteiger partial charge in [0, 0.05) is 28.4 Å². The van der Waals surface area contributed by atoms with Gasteiger partial charge in [0.15, 0.2) is 0 Å². The molecule has 3 aromatic rings. The first-order chi connectivity index (χ1) is 12.0. The molecule has 0 spiro atoms. The van der Waals surface area contributed by atoms with Crippen LogP contribution in [0.15, 0.2) is 42.7 Å². The topological polar surface area (TPSA) is 104 Å². The number of aromatic nitrogens is 4. The summed E-state index contributed by atoms with van der Waals surface area (Å²) >= 11 is 5.94. The van der Waals surface area contributed by atoms with Gasteiger partial charge in [0.05, 0.1) is 24.0 Å². The van der Waals surface area contributed by atoms with E-state index in [1.165, 1.54) is 0 Å². The summed E-state index contributed by atoms with van der Waals surface area (Å²) in [5.41, 5.74) is 3.25. The fourth-order valence-electron chi connectivity index (χ4n) is 2.43. The molecule has 0 saturated carbocycles. The summed E-state index contributed by atoms with van der Waals surface area (Å²) in [6.07, 6.45) is 3.29. The average molecular weight is 358 g/mol. The van der Waals surface area contributed by atoms with Crippen molar-refractivity contribution in [2.75, 3.05) is 5.32 Å². The van der Waals surface area contributed by atoms with Crippen molar-refractivity contribution in [3.8, 4) is 22.5 Å². The first-order valence-corrected chi connectivity index (χ1v) is 8.02. The molecular formula is C17H16ClN5O2. The van der Waals surface area contributed by atoms with Crippen molar-refractivity contribution >= 4 is 23.5 Å². The summed E-state index contributed by atoms with van der Waals surface area (Å²) in [5.74, 6) is -0.509. The molecule has 0 fully saturated rings. The van der Waals surface area contributed by atoms with E-state index >= 15 is 0 Å². The van der Waals surface area contributed by atoms with Crippen LogP contribution in [0.25, 0.3) is 22.5 Å². The maximum atomic E-state index is 10.8. The Balaban J connectivity index is 1.88. The Morgan fingerprint density at radius 3 is 2.80 bits per heavy atom. The molecule has 0 amide bonds. The van der Waals surface area contributed by atoms with Gasteiger partial charge in [-0.05, 0) is 25.1 Å². The van der Waals surface area contributed by atoms with Crippen LogP contribution in [0.1, 0.15) is 13.3 Å². The third kappa shape index (κ3) is 4.13. The summed E-state index contributed by atoms with van der Waals surface area (Å²) in [6, 6.07) is 8.90. The van der Waals surface area contributed by atoms with Crippen LogP contribution in [0.5, 0.6) is 0 Å². The van der Waals surface area contributed by atoms with Gasteiger partial charge in [-0.1, -0.05) is 23.7 Å². The number of nitrogens with zero attached hydrogens (tertiary/aromatic N) is 3. The van der Waals surface area contributed by atoms with E-state index in [4.69, 9.17) is 16.7 Å². The first-order valence-electron chi connectivity index (χ1n) is 7.64. The molecule has 7 nitrogen and oxygen atoms in total. The number of aliphatic carboxylic acids is 1. The molecule has 2 heterocycles. The second-order valence-corrected chi connectivity index (χ2v) is 6.01. The molecule has 1 aromatic carbocycles. The molecule has 25 heavy (non-hydrogen) atoms. The minimum atomic E-state index is -0.879. The van der Waals surface area contributed by atoms with Crippen LogP contribution in [0, 0.1) is 0 Å². The molecule has 0 aliphatic heterocycles. The lowest BCUT2D eigenvalue weighted by Gasteiger charge is -2.12. The number of carboxylic acid groups (broad SMARTS) is 1. The van der Waals surface area contributed by atoms with E-state index in [1.807, 2.05) is 24.3 Å². The van der Waals surface area contributed by atoms with Crippen LogP contribution in [0.3, 0.4) is 0 Å². The predicted molar refractivity (Wildman–Crippen MR) is 95.4 cm³/mol. The molecule has 0 radical (unpaired) electrons. The Morgan fingerprint density at radius 2 is 2.08 bits per heavy atom. The van der Waals surface area contributed by atoms with E-state index in [-0.39, 0.29) is 12.5 Å². The number of hydrogen-bond donors (Lipinski definition) is 3. The maximum absolute atomic E-state index is 10.8. The number of anilines is 1. The van der Waals surface area contributed by atoms with Crippen molar-refractivity contribution in [3.63, 3.8) is 0 Å². The van der Waals surface area contributed by atoms with Crippen molar-refractivity contribution in [3.05, 3.63) is 47.7 Å². The van der Waals surface area contributed by atoms with Crippen LogP contribution in [-0.2, 0) is 4.79 Å². The van der Waals surface area contributed by atoms with Gasteiger partial charge >= 0.3 is 5.97 Å². The van der Waals surface area contributed by atoms with Gasteiger partial charge in [0.1, 0.15) is 0 Å². The largest absolute Gasteiger partial charge is 0.481 e. The molecule has 3 rings (SSSR count). The molecule has 0 bridgehead atoms. The maximum Gasteiger partial charge on any atom is 0.305 e. The highest BCUT2D eigenvalue weighted by atomic mass is 35.5. The van der Waals surface area contributed by atoms with Crippen molar-refractivity contribution in [1.29, 1.82) is 0 Å². The molecule has 128 valence electrons. The number of nitrogens with one attached hydrogen (secondary N) is 2. The van der Waals surface area contributed by atoms with Crippen molar-refractivity contribution in [2.45, 2.75) is 19.4 Å². The van der Waals surface area contributed by atoms with Gasteiger partial charge in [-0.15, -0.1) is 0 Å². The lowest BCUT2D eigenvalue weighted by atomic mass is 10.1. The number of rotatable bonds is 6. The minimum absolute atomic E-state index is 0.0185. The van der Waals surface area contributed by atoms with Crippen molar-refractivity contribution in [2.24, 2.45) is 0 Å². The number of halogens is 1. The van der Waals surface area contributed by atoms with Crippen molar-refractivity contribution < 1.29 is 9.90 Å². The average Bonchev–Trinajstić information content (AvgIpc) is 3.04. The second kappa shape index (κ2) is 7.31. The molecule has 0 saturated heterocycles. The fourth-order valence-corrected chi connectivity index (χ4v) is 2.55. The second-order valence-electron chi connectivity index (χ2n) is 5.57. The molecule has 0 aliphatic rings. The Bertz CT molecular complexity index is 879. The Morgan fingerprint density at radius 1 is 1.32 bits per heavy atom. The van der Waals surface area contributed by atoms with Gasteiger partial charge < -0.3 is 10.4 Å². The predicted octanol–water partition coefficient (Wildman–Crippen LogP) is 3.46. The number of benzene rings is 1. The number of carbonyl (C=O) groups is 1. The summed E-state index contributed by atoms with van der Waals surface area (Å²) in [5, 5.41) is 19.6. The first kappa shape index (κ1) is 16.9. The third-order valence-corrected chi connectivity index (χ3v) is 3.81. The summed E-state index contributed by atoms with van der Waals surface area (Å²) in [6.45, 7) is 1.77. The molecule has 3 N–H and O–H groups in total. The van der Waals surface area contributed by atoms with E-state index in [2.05, 4.69) is 25.5 Å². The standard InChI is InChI=1S/C17H16ClN5O2/c1-10(8-15(24)25)21-17-19-7-6-14(22-17)13-9-20-23-16(13)11-2-4-12(18)5-3-11/h2-7,9-10H,8H2,1H3,(H,20,23)(H,24,25)(H,19,21,22)/t10-/m1/s1. The Labute approximate surface area is 149 Å². The normalized spacial score (nSPS) is 11.9. The van der Waals surface area contributed by atoms with E-state index in [9.17, 15) is 4.79 Å². The zero-order valence-electron chi connectivity index (χ0n) is 13.4. The van der Waals surface area contributed by atoms with E-state index < -0.39 is 5.97 Å². The number of H-pyrrole nitrogens is 1. The lowest BCUT2D eigenvalue weighted by molar-refractivity contribution is -0.137. The molecule has 1 atom stereocenters. The van der Waals surface area contributed by atoms with Crippen LogP contribution in [0.2, 0.25) is 5.02 Å². The zero-order valence-corrected chi connectivity index (χ0v) is 14.2. The summed E-state index contributed by atoms with van der Waals surface area (Å²) in [7, 11) is 0. The smallest absolute Gasteiger partial charge is 0.305 e. The van der Waals surface area contributed by atoms with Gasteiger partial charge in [0.2, 0.25) is 5.95 Å². The van der Waals surface area contributed by atoms with Crippen LogP contribution in [-0.4, -0.2) is 37.3 Å². The Hall–Kier alpha value is -2.93. The molecule has 2 aromatic heterocycles. The number of aromatic amines is 1. The van der Waals surface area contributed by atoms with Gasteiger partial charge in [-0.25, -0.2) is 9.97 Å². The highest BCUT2D eigenvalue weighted by Crippen LogP contribution is 2.29. The molecule has 0 aliphatic carbocycles. The van der Waals surface area contributed by atoms with E-state index in [1.54, 1.807) is 25.4 Å². The molecule has 8 heteroatoms.